The Morgan fingerprint density at radius 3 is 2.52 bits per heavy atom. The maximum atomic E-state index is 12.8. The molecular formula is C16H21N5O4S2. The average molecular weight is 412 g/mol. The van der Waals surface area contributed by atoms with Gasteiger partial charge in [0.15, 0.2) is 5.13 Å². The summed E-state index contributed by atoms with van der Waals surface area (Å²) in [5.41, 5.74) is 5.38. The highest BCUT2D eigenvalue weighted by Gasteiger charge is 2.33. The van der Waals surface area contributed by atoms with Crippen molar-refractivity contribution in [2.75, 3.05) is 18.4 Å². The summed E-state index contributed by atoms with van der Waals surface area (Å²) in [6, 6.07) is 1.28. The largest absolute Gasteiger partial charge is 0.364 e. The number of carbonyl (C=O) groups is 2. The van der Waals surface area contributed by atoms with Gasteiger partial charge < -0.3 is 15.6 Å². The number of thiazole rings is 1. The molecule has 3 heterocycles. The van der Waals surface area contributed by atoms with Gasteiger partial charge in [0.2, 0.25) is 15.9 Å². The molecule has 3 N–H and O–H groups in total. The van der Waals surface area contributed by atoms with Crippen molar-refractivity contribution in [2.45, 2.75) is 24.7 Å². The molecule has 0 saturated carbocycles. The Kier molecular flexibility index (Phi) is 5.36. The van der Waals surface area contributed by atoms with Crippen molar-refractivity contribution in [3.05, 3.63) is 29.0 Å². The zero-order valence-electron chi connectivity index (χ0n) is 15.0. The smallest absolute Gasteiger partial charge is 0.265 e. The maximum Gasteiger partial charge on any atom is 0.265 e. The lowest BCUT2D eigenvalue weighted by Gasteiger charge is -2.30. The number of carbonyl (C=O) groups excluding carboxylic acids is 2. The van der Waals surface area contributed by atoms with E-state index in [1.54, 1.807) is 13.2 Å². The number of amides is 2. The molecule has 1 saturated heterocycles. The summed E-state index contributed by atoms with van der Waals surface area (Å²) in [5, 5.41) is 3.34. The van der Waals surface area contributed by atoms with Gasteiger partial charge in [-0.3, -0.25) is 9.59 Å². The Hall–Kier alpha value is -2.24. The van der Waals surface area contributed by atoms with Gasteiger partial charge in [0.1, 0.15) is 10.6 Å². The molecule has 146 valence electrons. The third-order valence-corrected chi connectivity index (χ3v) is 7.24. The third-order valence-electron chi connectivity index (χ3n) is 4.55. The minimum Gasteiger partial charge on any atom is -0.364 e. The quantitative estimate of drug-likeness (QED) is 0.756. The zero-order chi connectivity index (χ0) is 19.8. The van der Waals surface area contributed by atoms with Gasteiger partial charge in [-0.15, -0.1) is 11.3 Å². The zero-order valence-corrected chi connectivity index (χ0v) is 16.6. The number of piperidine rings is 1. The molecule has 11 heteroatoms. The highest BCUT2D eigenvalue weighted by Crippen LogP contribution is 2.26. The number of nitrogens with zero attached hydrogens (tertiary/aromatic N) is 3. The molecule has 1 aliphatic heterocycles. The van der Waals surface area contributed by atoms with E-state index in [-0.39, 0.29) is 35.5 Å². The molecule has 0 aliphatic carbocycles. The fourth-order valence-electron chi connectivity index (χ4n) is 3.05. The normalized spacial score (nSPS) is 16.4. The van der Waals surface area contributed by atoms with Crippen molar-refractivity contribution in [1.29, 1.82) is 0 Å². The van der Waals surface area contributed by atoms with Gasteiger partial charge in [0.05, 0.1) is 0 Å². The Morgan fingerprint density at radius 2 is 2.00 bits per heavy atom. The third kappa shape index (κ3) is 4.04. The van der Waals surface area contributed by atoms with Gasteiger partial charge in [-0.25, -0.2) is 13.4 Å². The van der Waals surface area contributed by atoms with E-state index in [0.29, 0.717) is 18.0 Å². The predicted molar refractivity (Wildman–Crippen MR) is 101 cm³/mol. The van der Waals surface area contributed by atoms with Crippen molar-refractivity contribution in [1.82, 2.24) is 13.9 Å². The molecule has 0 spiro atoms. The Balaban J connectivity index is 1.65. The van der Waals surface area contributed by atoms with E-state index in [1.165, 1.54) is 32.5 Å². The number of anilines is 1. The van der Waals surface area contributed by atoms with Gasteiger partial charge >= 0.3 is 0 Å². The number of hydrogen-bond donors (Lipinski definition) is 2. The van der Waals surface area contributed by atoms with E-state index in [1.807, 2.05) is 6.92 Å². The van der Waals surface area contributed by atoms with Crippen LogP contribution in [0.3, 0.4) is 0 Å². The number of sulfonamides is 1. The van der Waals surface area contributed by atoms with E-state index in [0.717, 1.165) is 4.88 Å². The number of primary amides is 1. The van der Waals surface area contributed by atoms with E-state index in [9.17, 15) is 18.0 Å². The van der Waals surface area contributed by atoms with Crippen LogP contribution in [0.2, 0.25) is 0 Å². The van der Waals surface area contributed by atoms with Gasteiger partial charge in [0, 0.05) is 43.3 Å². The Morgan fingerprint density at radius 1 is 1.33 bits per heavy atom. The van der Waals surface area contributed by atoms with Crippen LogP contribution in [-0.4, -0.2) is 47.2 Å². The minimum atomic E-state index is -3.74. The molecule has 2 aromatic heterocycles. The molecule has 1 fully saturated rings. The summed E-state index contributed by atoms with van der Waals surface area (Å²) < 4.78 is 28.3. The average Bonchev–Trinajstić information content (AvgIpc) is 3.21. The highest BCUT2D eigenvalue weighted by atomic mass is 32.2. The Bertz CT molecular complexity index is 971. The number of nitrogens with one attached hydrogen (secondary N) is 1. The topological polar surface area (TPSA) is 127 Å². The second kappa shape index (κ2) is 7.41. The number of aryl methyl sites for hydroxylation is 2. The number of aromatic nitrogens is 2. The molecule has 2 aromatic rings. The first kappa shape index (κ1) is 19.5. The number of nitrogens with two attached hydrogens (primary N) is 1. The minimum absolute atomic E-state index is 0.0277. The maximum absolute atomic E-state index is 12.8. The van der Waals surface area contributed by atoms with Crippen molar-refractivity contribution in [2.24, 2.45) is 18.7 Å². The first-order valence-electron chi connectivity index (χ1n) is 8.38. The number of hydrogen-bond acceptors (Lipinski definition) is 6. The first-order valence-corrected chi connectivity index (χ1v) is 10.6. The highest BCUT2D eigenvalue weighted by molar-refractivity contribution is 7.89. The molecule has 0 atom stereocenters. The molecule has 9 nitrogen and oxygen atoms in total. The van der Waals surface area contributed by atoms with E-state index in [4.69, 9.17) is 5.73 Å². The summed E-state index contributed by atoms with van der Waals surface area (Å²) >= 11 is 1.40. The van der Waals surface area contributed by atoms with Crippen LogP contribution < -0.4 is 11.1 Å². The van der Waals surface area contributed by atoms with Crippen LogP contribution >= 0.6 is 11.3 Å². The predicted octanol–water partition coefficient (Wildman–Crippen LogP) is 0.928. The lowest BCUT2D eigenvalue weighted by molar-refractivity contribution is -0.120. The van der Waals surface area contributed by atoms with Crippen LogP contribution in [-0.2, 0) is 21.9 Å². The summed E-state index contributed by atoms with van der Waals surface area (Å²) in [6.45, 7) is 2.38. The molecule has 1 aliphatic rings. The van der Waals surface area contributed by atoms with Crippen LogP contribution in [0.1, 0.15) is 28.2 Å². The summed E-state index contributed by atoms with van der Waals surface area (Å²) in [5.74, 6) is -1.10. The fourth-order valence-corrected chi connectivity index (χ4v) is 5.26. The van der Waals surface area contributed by atoms with Gasteiger partial charge in [-0.05, 0) is 25.8 Å². The first-order chi connectivity index (χ1) is 12.7. The molecule has 0 bridgehead atoms. The second-order valence-corrected chi connectivity index (χ2v) is 9.65. The SMILES string of the molecule is Cc1cnc(NC(=O)C2CCN(S(=O)(=O)c3cc(C(N)=O)n(C)c3)CC2)s1. The molecule has 0 unspecified atom stereocenters. The van der Waals surface area contributed by atoms with E-state index in [2.05, 4.69) is 10.3 Å². The molecule has 0 aromatic carbocycles. The molecule has 0 radical (unpaired) electrons. The van der Waals surface area contributed by atoms with Crippen LogP contribution in [0.5, 0.6) is 0 Å². The van der Waals surface area contributed by atoms with Crippen molar-refractivity contribution in [3.63, 3.8) is 0 Å². The lowest BCUT2D eigenvalue weighted by atomic mass is 9.97. The molecule has 2 amide bonds. The van der Waals surface area contributed by atoms with Gasteiger partial charge in [-0.1, -0.05) is 0 Å². The standard InChI is InChI=1S/C16H21N5O4S2/c1-10-8-18-16(26-10)19-15(23)11-3-5-21(6-4-11)27(24,25)12-7-13(14(17)22)20(2)9-12/h7-9,11H,3-6H2,1-2H3,(H2,17,22)(H,18,19,23). The van der Waals surface area contributed by atoms with Crippen LogP contribution in [0.25, 0.3) is 0 Å². The van der Waals surface area contributed by atoms with Gasteiger partial charge in [-0.2, -0.15) is 4.31 Å². The van der Waals surface area contributed by atoms with Crippen LogP contribution in [0.4, 0.5) is 5.13 Å². The number of rotatable bonds is 5. The van der Waals surface area contributed by atoms with Crippen molar-refractivity contribution >= 4 is 38.3 Å². The van der Waals surface area contributed by atoms with E-state index >= 15 is 0 Å². The molecular weight excluding hydrogens is 390 g/mol. The van der Waals surface area contributed by atoms with Crippen molar-refractivity contribution < 1.29 is 18.0 Å². The van der Waals surface area contributed by atoms with Gasteiger partial charge in [0.25, 0.3) is 5.91 Å². The van der Waals surface area contributed by atoms with Crippen LogP contribution in [0, 0.1) is 12.8 Å². The summed E-state index contributed by atoms with van der Waals surface area (Å²) in [6.07, 6.45) is 3.91. The molecule has 3 rings (SSSR count). The lowest BCUT2D eigenvalue weighted by Crippen LogP contribution is -2.41. The van der Waals surface area contributed by atoms with Crippen LogP contribution in [0.15, 0.2) is 23.4 Å². The summed E-state index contributed by atoms with van der Waals surface area (Å²) in [7, 11) is -2.17. The molecule has 27 heavy (non-hydrogen) atoms. The Labute approximate surface area is 161 Å². The fraction of sp³-hybridized carbons (Fsp3) is 0.438. The monoisotopic (exact) mass is 411 g/mol. The second-order valence-electron chi connectivity index (χ2n) is 6.48. The van der Waals surface area contributed by atoms with Crippen molar-refractivity contribution in [3.8, 4) is 0 Å². The van der Waals surface area contributed by atoms with E-state index < -0.39 is 15.9 Å². The summed E-state index contributed by atoms with van der Waals surface area (Å²) in [4.78, 5) is 28.9.